The summed E-state index contributed by atoms with van der Waals surface area (Å²) in [5.74, 6) is -1.84. The molecule has 1 atom stereocenters. The van der Waals surface area contributed by atoms with Gasteiger partial charge in [0, 0.05) is 6.54 Å². The Morgan fingerprint density at radius 2 is 2.04 bits per heavy atom. The van der Waals surface area contributed by atoms with Gasteiger partial charge in [0.25, 0.3) is 5.69 Å². The Kier molecular flexibility index (Phi) is 6.67. The molecule has 0 radical (unpaired) electrons. The number of nitro benzene ring substituents is 1. The predicted molar refractivity (Wildman–Crippen MR) is 85.4 cm³/mol. The topological polar surface area (TPSA) is 136 Å². The van der Waals surface area contributed by atoms with Gasteiger partial charge in [0.1, 0.15) is 5.75 Å². The Labute approximate surface area is 139 Å². The summed E-state index contributed by atoms with van der Waals surface area (Å²) in [6.45, 7) is 3.29. The summed E-state index contributed by atoms with van der Waals surface area (Å²) in [6.07, 6.45) is 0.280. The third-order valence-electron chi connectivity index (χ3n) is 3.28. The van der Waals surface area contributed by atoms with Crippen molar-refractivity contribution in [2.75, 3.05) is 13.7 Å². The maximum absolute atomic E-state index is 12.3. The number of ether oxygens (including phenoxy) is 1. The van der Waals surface area contributed by atoms with Crippen LogP contribution in [0.15, 0.2) is 23.1 Å². The van der Waals surface area contributed by atoms with E-state index in [1.54, 1.807) is 0 Å². The molecule has 1 rings (SSSR count). The first kappa shape index (κ1) is 19.8. The average Bonchev–Trinajstić information content (AvgIpc) is 2.50. The maximum Gasteiger partial charge on any atom is 0.307 e. The number of hydrogen-bond acceptors (Lipinski definition) is 6. The van der Waals surface area contributed by atoms with E-state index in [0.29, 0.717) is 0 Å². The number of carbonyl (C=O) groups is 1. The number of carboxylic acid groups (broad SMARTS) is 1. The number of carboxylic acids is 1. The number of rotatable bonds is 9. The zero-order valence-corrected chi connectivity index (χ0v) is 14.4. The highest BCUT2D eigenvalue weighted by Crippen LogP contribution is 2.28. The van der Waals surface area contributed by atoms with Crippen LogP contribution in [0, 0.1) is 22.0 Å². The highest BCUT2D eigenvalue weighted by molar-refractivity contribution is 7.89. The van der Waals surface area contributed by atoms with Gasteiger partial charge in [0.05, 0.1) is 24.0 Å². The van der Waals surface area contributed by atoms with E-state index >= 15 is 0 Å². The Bertz CT molecular complexity index is 716. The lowest BCUT2D eigenvalue weighted by atomic mass is 9.98. The molecule has 0 bridgehead atoms. The average molecular weight is 360 g/mol. The number of methoxy groups -OCH3 is 1. The molecule has 1 aromatic carbocycles. The normalized spacial score (nSPS) is 12.8. The van der Waals surface area contributed by atoms with Crippen LogP contribution in [0.3, 0.4) is 0 Å². The first-order valence-corrected chi connectivity index (χ1v) is 8.61. The molecule has 0 amide bonds. The van der Waals surface area contributed by atoms with Gasteiger partial charge in [-0.25, -0.2) is 13.1 Å². The van der Waals surface area contributed by atoms with Crippen molar-refractivity contribution in [3.05, 3.63) is 28.3 Å². The molecule has 1 aromatic rings. The largest absolute Gasteiger partial charge is 0.497 e. The van der Waals surface area contributed by atoms with E-state index in [-0.39, 0.29) is 24.6 Å². The summed E-state index contributed by atoms with van der Waals surface area (Å²) < 4.78 is 31.6. The van der Waals surface area contributed by atoms with Crippen molar-refractivity contribution in [1.29, 1.82) is 0 Å². The van der Waals surface area contributed by atoms with Crippen LogP contribution in [0.2, 0.25) is 0 Å². The lowest BCUT2D eigenvalue weighted by Gasteiger charge is -2.15. The van der Waals surface area contributed by atoms with Gasteiger partial charge in [-0.05, 0) is 24.5 Å². The molecule has 0 aromatic heterocycles. The van der Waals surface area contributed by atoms with Crippen molar-refractivity contribution >= 4 is 21.7 Å². The van der Waals surface area contributed by atoms with Crippen molar-refractivity contribution in [3.8, 4) is 5.75 Å². The zero-order chi connectivity index (χ0) is 18.5. The highest BCUT2D eigenvalue weighted by atomic mass is 32.2. The summed E-state index contributed by atoms with van der Waals surface area (Å²) in [4.78, 5) is 20.9. The lowest BCUT2D eigenvalue weighted by molar-refractivity contribution is -0.387. The minimum absolute atomic E-state index is 0.0610. The van der Waals surface area contributed by atoms with Crippen molar-refractivity contribution in [3.63, 3.8) is 0 Å². The molecule has 0 fully saturated rings. The van der Waals surface area contributed by atoms with Crippen LogP contribution in [-0.2, 0) is 14.8 Å². The van der Waals surface area contributed by atoms with Crippen LogP contribution in [0.25, 0.3) is 0 Å². The van der Waals surface area contributed by atoms with E-state index in [1.807, 2.05) is 13.8 Å². The fourth-order valence-corrected chi connectivity index (χ4v) is 3.35. The highest BCUT2D eigenvalue weighted by Gasteiger charge is 2.28. The number of sulfonamides is 1. The fourth-order valence-electron chi connectivity index (χ4n) is 2.12. The molecule has 10 heteroatoms. The van der Waals surface area contributed by atoms with E-state index in [1.165, 1.54) is 13.2 Å². The van der Waals surface area contributed by atoms with E-state index in [2.05, 4.69) is 4.72 Å². The van der Waals surface area contributed by atoms with Crippen LogP contribution in [0.4, 0.5) is 5.69 Å². The minimum Gasteiger partial charge on any atom is -0.497 e. The van der Waals surface area contributed by atoms with Gasteiger partial charge >= 0.3 is 5.97 Å². The number of nitrogens with zero attached hydrogens (tertiary/aromatic N) is 1. The second kappa shape index (κ2) is 8.06. The molecule has 134 valence electrons. The maximum atomic E-state index is 12.3. The second-order valence-electron chi connectivity index (χ2n) is 5.61. The first-order valence-electron chi connectivity index (χ1n) is 7.13. The number of benzene rings is 1. The number of nitro groups is 1. The van der Waals surface area contributed by atoms with Gasteiger partial charge in [-0.3, -0.25) is 14.9 Å². The second-order valence-corrected chi connectivity index (χ2v) is 7.34. The third-order valence-corrected chi connectivity index (χ3v) is 4.75. The van der Waals surface area contributed by atoms with Gasteiger partial charge in [-0.15, -0.1) is 0 Å². The van der Waals surface area contributed by atoms with Crippen molar-refractivity contribution in [2.24, 2.45) is 11.8 Å². The van der Waals surface area contributed by atoms with Gasteiger partial charge in [-0.1, -0.05) is 13.8 Å². The SMILES string of the molecule is COc1ccc(S(=O)(=O)NCC(CC(C)C)C(=O)O)c([N+](=O)[O-])c1. The lowest BCUT2D eigenvalue weighted by Crippen LogP contribution is -2.34. The molecular formula is C14H20N2O7S. The molecule has 0 aliphatic rings. The molecule has 0 spiro atoms. The van der Waals surface area contributed by atoms with E-state index < -0.39 is 37.4 Å². The molecule has 0 heterocycles. The molecule has 1 unspecified atom stereocenters. The molecular weight excluding hydrogens is 340 g/mol. The van der Waals surface area contributed by atoms with Crippen LogP contribution in [0.1, 0.15) is 20.3 Å². The van der Waals surface area contributed by atoms with Crippen LogP contribution < -0.4 is 9.46 Å². The van der Waals surface area contributed by atoms with Crippen LogP contribution in [0.5, 0.6) is 5.75 Å². The summed E-state index contributed by atoms with van der Waals surface area (Å²) in [5, 5.41) is 20.2. The molecule has 0 saturated carbocycles. The summed E-state index contributed by atoms with van der Waals surface area (Å²) in [7, 11) is -2.94. The van der Waals surface area contributed by atoms with Gasteiger partial charge < -0.3 is 9.84 Å². The van der Waals surface area contributed by atoms with E-state index in [0.717, 1.165) is 12.1 Å². The molecule has 0 saturated heterocycles. The van der Waals surface area contributed by atoms with Crippen molar-refractivity contribution < 1.29 is 28.0 Å². The Morgan fingerprint density at radius 1 is 1.42 bits per heavy atom. The van der Waals surface area contributed by atoms with Gasteiger partial charge in [0.15, 0.2) is 4.90 Å². The predicted octanol–water partition coefficient (Wildman–Crippen LogP) is 1.63. The summed E-state index contributed by atoms with van der Waals surface area (Å²) in [6, 6.07) is 3.33. The van der Waals surface area contributed by atoms with Crippen LogP contribution in [-0.4, -0.2) is 38.1 Å². The van der Waals surface area contributed by atoms with Crippen LogP contribution >= 0.6 is 0 Å². The molecule has 0 aliphatic heterocycles. The molecule has 2 N–H and O–H groups in total. The zero-order valence-electron chi connectivity index (χ0n) is 13.6. The van der Waals surface area contributed by atoms with E-state index in [4.69, 9.17) is 9.84 Å². The standard InChI is InChI=1S/C14H20N2O7S/c1-9(2)6-10(14(17)18)8-15-24(21,22)13-5-4-11(23-3)7-12(13)16(19)20/h4-5,7,9-10,15H,6,8H2,1-3H3,(H,17,18). The molecule has 9 nitrogen and oxygen atoms in total. The Morgan fingerprint density at radius 3 is 2.50 bits per heavy atom. The Balaban J connectivity index is 3.08. The first-order chi connectivity index (χ1) is 11.1. The number of hydrogen-bond donors (Lipinski definition) is 2. The summed E-state index contributed by atoms with van der Waals surface area (Å²) in [5.41, 5.74) is -0.641. The number of nitrogens with one attached hydrogen (secondary N) is 1. The van der Waals surface area contributed by atoms with E-state index in [9.17, 15) is 23.3 Å². The molecule has 24 heavy (non-hydrogen) atoms. The smallest absolute Gasteiger partial charge is 0.307 e. The quantitative estimate of drug-likeness (QED) is 0.504. The van der Waals surface area contributed by atoms with Gasteiger partial charge in [-0.2, -0.15) is 0 Å². The van der Waals surface area contributed by atoms with Crippen molar-refractivity contribution in [1.82, 2.24) is 4.72 Å². The van der Waals surface area contributed by atoms with Crippen molar-refractivity contribution in [2.45, 2.75) is 25.2 Å². The molecule has 0 aliphatic carbocycles. The third kappa shape index (κ3) is 5.17. The monoisotopic (exact) mass is 360 g/mol. The number of aliphatic carboxylic acids is 1. The summed E-state index contributed by atoms with van der Waals surface area (Å²) >= 11 is 0. The minimum atomic E-state index is -4.24. The van der Waals surface area contributed by atoms with Gasteiger partial charge in [0.2, 0.25) is 10.0 Å². The Hall–Kier alpha value is -2.20. The fraction of sp³-hybridized carbons (Fsp3) is 0.500.